The summed E-state index contributed by atoms with van der Waals surface area (Å²) in [5.41, 5.74) is 3.52. The van der Waals surface area contributed by atoms with Crippen LogP contribution in [0.4, 0.5) is 0 Å². The second kappa shape index (κ2) is 6.54. The van der Waals surface area contributed by atoms with Crippen LogP contribution in [0.1, 0.15) is 24.1 Å². The molecule has 3 heteroatoms. The average Bonchev–Trinajstić information content (AvgIpc) is 2.49. The molecule has 1 aliphatic heterocycles. The molecular formula is C18H25N3. The van der Waals surface area contributed by atoms with Crippen molar-refractivity contribution in [2.45, 2.75) is 26.3 Å². The predicted molar refractivity (Wildman–Crippen MR) is 88.4 cm³/mol. The lowest BCUT2D eigenvalue weighted by molar-refractivity contribution is 0.216. The molecule has 3 nitrogen and oxygen atoms in total. The number of nitrogens with zero attached hydrogens (tertiary/aromatic N) is 2. The highest BCUT2D eigenvalue weighted by atomic mass is 15.1. The molecule has 0 spiro atoms. The largest absolute Gasteiger partial charge is 0.312 e. The molecule has 1 N–H and O–H groups in total. The van der Waals surface area contributed by atoms with Gasteiger partial charge in [0.05, 0.1) is 5.52 Å². The Balaban J connectivity index is 1.54. The number of rotatable bonds is 4. The Bertz CT molecular complexity index is 600. The number of benzene rings is 1. The smallest absolute Gasteiger partial charge is 0.0705 e. The minimum absolute atomic E-state index is 0.839. The van der Waals surface area contributed by atoms with Crippen molar-refractivity contribution in [3.05, 3.63) is 41.6 Å². The first-order valence-electron chi connectivity index (χ1n) is 7.96. The fraction of sp³-hybridized carbons (Fsp3) is 0.500. The molecule has 0 aliphatic carbocycles. The molecule has 0 saturated carbocycles. The molecular weight excluding hydrogens is 258 g/mol. The van der Waals surface area contributed by atoms with Gasteiger partial charge in [-0.1, -0.05) is 12.1 Å². The lowest BCUT2D eigenvalue weighted by Crippen LogP contribution is -2.34. The van der Waals surface area contributed by atoms with E-state index < -0.39 is 0 Å². The first-order chi connectivity index (χ1) is 10.2. The van der Waals surface area contributed by atoms with Gasteiger partial charge in [0.25, 0.3) is 0 Å². The zero-order chi connectivity index (χ0) is 14.7. The second-order valence-corrected chi connectivity index (χ2v) is 6.36. The van der Waals surface area contributed by atoms with Crippen molar-refractivity contribution in [2.24, 2.45) is 5.92 Å². The molecule has 1 aromatic heterocycles. The third-order valence-electron chi connectivity index (χ3n) is 4.49. The maximum atomic E-state index is 4.55. The predicted octanol–water partition coefficient (Wildman–Crippen LogP) is 2.97. The fourth-order valence-corrected chi connectivity index (χ4v) is 3.07. The number of fused-ring (bicyclic) bond motifs is 1. The van der Waals surface area contributed by atoms with Crippen molar-refractivity contribution >= 4 is 10.9 Å². The average molecular weight is 283 g/mol. The highest BCUT2D eigenvalue weighted by Crippen LogP contribution is 2.16. The quantitative estimate of drug-likeness (QED) is 0.935. The highest BCUT2D eigenvalue weighted by Gasteiger charge is 2.15. The third kappa shape index (κ3) is 3.80. The third-order valence-corrected chi connectivity index (χ3v) is 4.49. The van der Waals surface area contributed by atoms with E-state index in [9.17, 15) is 0 Å². The number of nitrogens with one attached hydrogen (secondary N) is 1. The zero-order valence-corrected chi connectivity index (χ0v) is 13.1. The zero-order valence-electron chi connectivity index (χ0n) is 13.1. The van der Waals surface area contributed by atoms with Gasteiger partial charge in [-0.2, -0.15) is 0 Å². The van der Waals surface area contributed by atoms with Gasteiger partial charge in [0.2, 0.25) is 0 Å². The van der Waals surface area contributed by atoms with E-state index in [1.54, 1.807) is 0 Å². The van der Waals surface area contributed by atoms with Crippen LogP contribution in [0.15, 0.2) is 30.3 Å². The minimum atomic E-state index is 0.839. The van der Waals surface area contributed by atoms with Crippen molar-refractivity contribution in [3.63, 3.8) is 0 Å². The van der Waals surface area contributed by atoms with Crippen LogP contribution in [0.3, 0.4) is 0 Å². The van der Waals surface area contributed by atoms with Crippen LogP contribution in [0, 0.1) is 12.8 Å². The summed E-state index contributed by atoms with van der Waals surface area (Å²) in [6, 6.07) is 10.8. The van der Waals surface area contributed by atoms with Gasteiger partial charge in [0, 0.05) is 17.6 Å². The molecule has 1 saturated heterocycles. The summed E-state index contributed by atoms with van der Waals surface area (Å²) in [5.74, 6) is 0.839. The molecule has 21 heavy (non-hydrogen) atoms. The molecule has 0 atom stereocenters. The van der Waals surface area contributed by atoms with E-state index in [4.69, 9.17) is 0 Å². The molecule has 1 aromatic carbocycles. The minimum Gasteiger partial charge on any atom is -0.312 e. The molecule has 0 bridgehead atoms. The Morgan fingerprint density at radius 1 is 1.19 bits per heavy atom. The van der Waals surface area contributed by atoms with E-state index in [-0.39, 0.29) is 0 Å². The number of aromatic nitrogens is 1. The molecule has 0 amide bonds. The van der Waals surface area contributed by atoms with Gasteiger partial charge in [0.1, 0.15) is 0 Å². The molecule has 1 aliphatic rings. The van der Waals surface area contributed by atoms with Gasteiger partial charge in [-0.3, -0.25) is 4.98 Å². The van der Waals surface area contributed by atoms with Crippen LogP contribution in [-0.2, 0) is 6.54 Å². The molecule has 3 rings (SSSR count). The summed E-state index contributed by atoms with van der Waals surface area (Å²) < 4.78 is 0. The normalized spacial score (nSPS) is 17.4. The van der Waals surface area contributed by atoms with Crippen molar-refractivity contribution in [3.8, 4) is 0 Å². The van der Waals surface area contributed by atoms with E-state index in [2.05, 4.69) is 52.6 Å². The van der Waals surface area contributed by atoms with E-state index in [0.29, 0.717) is 0 Å². The summed E-state index contributed by atoms with van der Waals surface area (Å²) in [5, 5.41) is 4.86. The topological polar surface area (TPSA) is 28.2 Å². The second-order valence-electron chi connectivity index (χ2n) is 6.36. The number of likely N-dealkylation sites (tertiary alicyclic amines) is 1. The maximum absolute atomic E-state index is 4.55. The number of pyridine rings is 1. The van der Waals surface area contributed by atoms with E-state index in [1.165, 1.54) is 36.9 Å². The van der Waals surface area contributed by atoms with Gasteiger partial charge in [-0.05, 0) is 76.1 Å². The first-order valence-corrected chi connectivity index (χ1v) is 7.96. The van der Waals surface area contributed by atoms with Gasteiger partial charge in [-0.15, -0.1) is 0 Å². The Morgan fingerprint density at radius 2 is 2.00 bits per heavy atom. The Hall–Kier alpha value is -1.45. The fourth-order valence-electron chi connectivity index (χ4n) is 3.07. The molecule has 0 radical (unpaired) electrons. The maximum Gasteiger partial charge on any atom is 0.0705 e. The molecule has 1 fully saturated rings. The first kappa shape index (κ1) is 14.5. The van der Waals surface area contributed by atoms with Gasteiger partial charge >= 0.3 is 0 Å². The van der Waals surface area contributed by atoms with Crippen LogP contribution in [0.5, 0.6) is 0 Å². The van der Waals surface area contributed by atoms with E-state index >= 15 is 0 Å². The van der Waals surface area contributed by atoms with Crippen LogP contribution in [0.25, 0.3) is 10.9 Å². The summed E-state index contributed by atoms with van der Waals surface area (Å²) in [4.78, 5) is 6.98. The Kier molecular flexibility index (Phi) is 4.51. The Labute approximate surface area is 127 Å². The molecule has 0 unspecified atom stereocenters. The number of aryl methyl sites for hydroxylation is 1. The van der Waals surface area contributed by atoms with Gasteiger partial charge < -0.3 is 10.2 Å². The standard InChI is InChI=1S/C18H25N3/c1-14-3-5-17-11-16(4-6-18(17)20-14)13-19-12-15-7-9-21(2)10-8-15/h3-6,11,15,19H,7-10,12-13H2,1-2H3. The SMILES string of the molecule is Cc1ccc2cc(CNCC3CCN(C)CC3)ccc2n1. The number of piperidine rings is 1. The van der Waals surface area contributed by atoms with Crippen LogP contribution < -0.4 is 5.32 Å². The van der Waals surface area contributed by atoms with Crippen LogP contribution in [-0.4, -0.2) is 36.6 Å². The van der Waals surface area contributed by atoms with Gasteiger partial charge in [-0.25, -0.2) is 0 Å². The van der Waals surface area contributed by atoms with E-state index in [0.717, 1.165) is 30.2 Å². The van der Waals surface area contributed by atoms with Crippen LogP contribution >= 0.6 is 0 Å². The van der Waals surface area contributed by atoms with Crippen LogP contribution in [0.2, 0.25) is 0 Å². The Morgan fingerprint density at radius 3 is 2.81 bits per heavy atom. The number of hydrogen-bond acceptors (Lipinski definition) is 3. The van der Waals surface area contributed by atoms with Gasteiger partial charge in [0.15, 0.2) is 0 Å². The summed E-state index contributed by atoms with van der Waals surface area (Å²) in [6.07, 6.45) is 2.65. The summed E-state index contributed by atoms with van der Waals surface area (Å²) in [7, 11) is 2.22. The lowest BCUT2D eigenvalue weighted by atomic mass is 9.97. The van der Waals surface area contributed by atoms with E-state index in [1.807, 2.05) is 6.92 Å². The van der Waals surface area contributed by atoms with Crippen molar-refractivity contribution < 1.29 is 0 Å². The monoisotopic (exact) mass is 283 g/mol. The summed E-state index contributed by atoms with van der Waals surface area (Å²) >= 11 is 0. The van der Waals surface area contributed by atoms with Crippen molar-refractivity contribution in [1.29, 1.82) is 0 Å². The van der Waals surface area contributed by atoms with Crippen molar-refractivity contribution in [2.75, 3.05) is 26.7 Å². The molecule has 2 heterocycles. The summed E-state index contributed by atoms with van der Waals surface area (Å²) in [6.45, 7) is 6.62. The molecule has 112 valence electrons. The highest BCUT2D eigenvalue weighted by molar-refractivity contribution is 5.79. The van der Waals surface area contributed by atoms with Crippen molar-refractivity contribution in [1.82, 2.24) is 15.2 Å². The number of hydrogen-bond donors (Lipinski definition) is 1. The lowest BCUT2D eigenvalue weighted by Gasteiger charge is -2.29. The molecule has 2 aromatic rings.